The van der Waals surface area contributed by atoms with Crippen molar-refractivity contribution in [3.8, 4) is 0 Å². The molecule has 0 aliphatic rings. The first-order valence-electron chi connectivity index (χ1n) is 1.37. The van der Waals surface area contributed by atoms with Crippen LogP contribution in [-0.2, 0) is 0 Å². The van der Waals surface area contributed by atoms with E-state index in [1.807, 2.05) is 7.05 Å². The molecule has 23 valence electrons. The fraction of sp³-hybridized carbons (Fsp3) is 1.00. The summed E-state index contributed by atoms with van der Waals surface area (Å²) in [5.74, 6) is 0. The summed E-state index contributed by atoms with van der Waals surface area (Å²) >= 11 is 0.0625. The van der Waals surface area contributed by atoms with Crippen molar-refractivity contribution >= 4 is 17.6 Å². The molecule has 0 spiro atoms. The van der Waals surface area contributed by atoms with Gasteiger partial charge in [-0.05, 0) is 0 Å². The van der Waals surface area contributed by atoms with E-state index in [2.05, 4.69) is 9.50 Å². The number of rotatable bonds is 1. The SMILES string of the molecule is C[NH][Ga][CH3]. The van der Waals surface area contributed by atoms with Gasteiger partial charge in [0.1, 0.15) is 0 Å². The molecule has 0 atom stereocenters. The molecule has 0 rings (SSSR count). The predicted molar refractivity (Wildman–Crippen MR) is 20.7 cm³/mol. The third-order valence-electron chi connectivity index (χ3n) is 0.289. The van der Waals surface area contributed by atoms with Crippen molar-refractivity contribution in [1.29, 1.82) is 0 Å². The first kappa shape index (κ1) is 4.60. The molecular formula is C2H7GaN. The Labute approximate surface area is 34.8 Å². The molecule has 0 unspecified atom stereocenters. The van der Waals surface area contributed by atoms with E-state index in [9.17, 15) is 0 Å². The van der Waals surface area contributed by atoms with Crippen molar-refractivity contribution in [2.75, 3.05) is 7.05 Å². The van der Waals surface area contributed by atoms with Crippen LogP contribution in [0.15, 0.2) is 0 Å². The van der Waals surface area contributed by atoms with Crippen molar-refractivity contribution in [3.05, 3.63) is 0 Å². The Hall–Kier alpha value is 0.596. The molecule has 0 heterocycles. The Morgan fingerprint density at radius 1 is 1.75 bits per heavy atom. The Kier molecular flexibility index (Phi) is 4.13. The summed E-state index contributed by atoms with van der Waals surface area (Å²) in [4.78, 5) is 0. The maximum absolute atomic E-state index is 3.09. The molecule has 0 aliphatic heterocycles. The summed E-state index contributed by atoms with van der Waals surface area (Å²) in [6, 6.07) is 0. The summed E-state index contributed by atoms with van der Waals surface area (Å²) in [7, 11) is 2.00. The minimum absolute atomic E-state index is 0.0625. The van der Waals surface area contributed by atoms with Gasteiger partial charge >= 0.3 is 34.2 Å². The molecule has 2 heteroatoms. The standard InChI is InChI=1S/CH4N.CH3.Ga/c1-2;;/h2H,1H3;1H3;/q-1;;+1. The van der Waals surface area contributed by atoms with Crippen LogP contribution in [0.1, 0.15) is 0 Å². The monoisotopic (exact) mass is 114 g/mol. The predicted octanol–water partition coefficient (Wildman–Crippen LogP) is -0.127. The van der Waals surface area contributed by atoms with Crippen molar-refractivity contribution in [2.24, 2.45) is 0 Å². The molecule has 1 nitrogen and oxygen atoms in total. The summed E-state index contributed by atoms with van der Waals surface area (Å²) in [5, 5.41) is 0. The molecule has 0 aromatic heterocycles. The van der Waals surface area contributed by atoms with Gasteiger partial charge in [0.2, 0.25) is 0 Å². The van der Waals surface area contributed by atoms with E-state index in [1.165, 1.54) is 0 Å². The van der Waals surface area contributed by atoms with Crippen LogP contribution < -0.4 is 4.02 Å². The molecule has 4 heavy (non-hydrogen) atoms. The van der Waals surface area contributed by atoms with Crippen LogP contribution in [0.3, 0.4) is 0 Å². The molecule has 1 N–H and O–H groups in total. The summed E-state index contributed by atoms with van der Waals surface area (Å²) in [5.41, 5.74) is 2.23. The van der Waals surface area contributed by atoms with Gasteiger partial charge in [-0.1, -0.05) is 0 Å². The molecule has 0 aliphatic carbocycles. The van der Waals surface area contributed by atoms with Crippen molar-refractivity contribution in [3.63, 3.8) is 0 Å². The Morgan fingerprint density at radius 3 is 2.00 bits per heavy atom. The van der Waals surface area contributed by atoms with Crippen LogP contribution in [-0.4, -0.2) is 24.7 Å². The first-order valence-corrected chi connectivity index (χ1v) is 5.00. The summed E-state index contributed by atoms with van der Waals surface area (Å²) in [6.07, 6.45) is 0. The first-order chi connectivity index (χ1) is 1.91. The van der Waals surface area contributed by atoms with Gasteiger partial charge in [0.15, 0.2) is 0 Å². The fourth-order valence-corrected chi connectivity index (χ4v) is 0. The molecule has 0 aromatic rings. The topological polar surface area (TPSA) is 12.0 Å². The van der Waals surface area contributed by atoms with Gasteiger partial charge in [-0.25, -0.2) is 0 Å². The molecule has 0 saturated heterocycles. The van der Waals surface area contributed by atoms with E-state index in [-0.39, 0.29) is 17.6 Å². The molecule has 0 fully saturated rings. The van der Waals surface area contributed by atoms with Gasteiger partial charge in [-0.2, -0.15) is 0 Å². The molecule has 0 amide bonds. The van der Waals surface area contributed by atoms with Gasteiger partial charge in [-0.3, -0.25) is 0 Å². The number of hydrogen-bond donors (Lipinski definition) is 1. The fourth-order valence-electron chi connectivity index (χ4n) is 0. The second kappa shape index (κ2) is 3.60. The molecule has 0 aromatic carbocycles. The van der Waals surface area contributed by atoms with Crippen molar-refractivity contribution < 1.29 is 0 Å². The summed E-state index contributed by atoms with van der Waals surface area (Å²) in [6.45, 7) is 0. The van der Waals surface area contributed by atoms with E-state index >= 15 is 0 Å². The molecule has 0 bridgehead atoms. The van der Waals surface area contributed by atoms with Gasteiger partial charge in [0.25, 0.3) is 0 Å². The van der Waals surface area contributed by atoms with Gasteiger partial charge in [0, 0.05) is 0 Å². The average Bonchev–Trinajstić information content (AvgIpc) is 1.37. The minimum atomic E-state index is 0.0625. The van der Waals surface area contributed by atoms with Crippen LogP contribution in [0, 0.1) is 0 Å². The zero-order chi connectivity index (χ0) is 3.41. The second-order valence-electron chi connectivity index (χ2n) is 0.577. The van der Waals surface area contributed by atoms with Crippen molar-refractivity contribution in [1.82, 2.24) is 4.02 Å². The Bertz CT molecular complexity index is 8.00. The average molecular weight is 115 g/mol. The van der Waals surface area contributed by atoms with Gasteiger partial charge in [-0.15, -0.1) is 0 Å². The van der Waals surface area contributed by atoms with Gasteiger partial charge in [0.05, 0.1) is 0 Å². The van der Waals surface area contributed by atoms with E-state index in [0.29, 0.717) is 0 Å². The van der Waals surface area contributed by atoms with Crippen LogP contribution in [0.25, 0.3) is 0 Å². The quantitative estimate of drug-likeness (QED) is 0.469. The zero-order valence-electron chi connectivity index (χ0n) is 3.08. The third kappa shape index (κ3) is 2.60. The third-order valence-corrected chi connectivity index (χ3v) is 1.50. The summed E-state index contributed by atoms with van der Waals surface area (Å²) < 4.78 is 3.09. The second-order valence-corrected chi connectivity index (χ2v) is 3.00. The van der Waals surface area contributed by atoms with E-state index in [4.69, 9.17) is 0 Å². The Balaban J connectivity index is 1.97. The van der Waals surface area contributed by atoms with Gasteiger partial charge < -0.3 is 0 Å². The van der Waals surface area contributed by atoms with E-state index in [0.717, 1.165) is 0 Å². The van der Waals surface area contributed by atoms with E-state index < -0.39 is 0 Å². The maximum atomic E-state index is 3.09. The molecular weight excluding hydrogens is 108 g/mol. The van der Waals surface area contributed by atoms with Crippen LogP contribution in [0.4, 0.5) is 0 Å². The number of hydrogen-bond acceptors (Lipinski definition) is 1. The number of nitrogens with one attached hydrogen (secondary N) is 1. The van der Waals surface area contributed by atoms with E-state index in [1.54, 1.807) is 0 Å². The molecule has 0 saturated carbocycles. The Morgan fingerprint density at radius 2 is 2.00 bits per heavy atom. The van der Waals surface area contributed by atoms with Crippen LogP contribution in [0.5, 0.6) is 0 Å². The molecule has 1 radical (unpaired) electrons. The normalized spacial score (nSPS) is 6.50. The zero-order valence-corrected chi connectivity index (χ0v) is 5.50. The van der Waals surface area contributed by atoms with Crippen LogP contribution >= 0.6 is 0 Å². The van der Waals surface area contributed by atoms with Crippen LogP contribution in [0.2, 0.25) is 5.48 Å². The van der Waals surface area contributed by atoms with Crippen molar-refractivity contribution in [2.45, 2.75) is 5.48 Å².